The maximum Gasteiger partial charge on any atom is 0.225 e. The standard InChI is InChI=1S/C18H28N6O2/c1-12-9-23(10-13(2)26-12)15-14-8-22-24(16(14)21-11-20-15)7-6-19-17(25)18(3,4)5/h8,11-13H,6-7,9-10H2,1-5H3,(H,19,25)/t12-,13-/m1/s1. The lowest BCUT2D eigenvalue weighted by molar-refractivity contribution is -0.128. The lowest BCUT2D eigenvalue weighted by atomic mass is 9.96. The van der Waals surface area contributed by atoms with E-state index in [1.165, 1.54) is 0 Å². The van der Waals surface area contributed by atoms with Crippen LogP contribution in [0.1, 0.15) is 34.6 Å². The van der Waals surface area contributed by atoms with Gasteiger partial charge in [-0.25, -0.2) is 14.6 Å². The van der Waals surface area contributed by atoms with Crippen LogP contribution in [-0.4, -0.2) is 57.5 Å². The van der Waals surface area contributed by atoms with Gasteiger partial charge in [0.25, 0.3) is 0 Å². The highest BCUT2D eigenvalue weighted by Gasteiger charge is 2.25. The number of carbonyl (C=O) groups is 1. The molecule has 142 valence electrons. The summed E-state index contributed by atoms with van der Waals surface area (Å²) in [6.45, 7) is 12.5. The van der Waals surface area contributed by atoms with Crippen LogP contribution in [0.3, 0.4) is 0 Å². The highest BCUT2D eigenvalue weighted by molar-refractivity contribution is 5.86. The van der Waals surface area contributed by atoms with Crippen molar-refractivity contribution >= 4 is 22.8 Å². The van der Waals surface area contributed by atoms with E-state index < -0.39 is 5.41 Å². The van der Waals surface area contributed by atoms with Crippen molar-refractivity contribution in [2.45, 2.75) is 53.4 Å². The normalized spacial score (nSPS) is 21.2. The van der Waals surface area contributed by atoms with Gasteiger partial charge in [-0.05, 0) is 13.8 Å². The van der Waals surface area contributed by atoms with Gasteiger partial charge in [0.15, 0.2) is 5.65 Å². The van der Waals surface area contributed by atoms with Gasteiger partial charge in [-0.3, -0.25) is 4.79 Å². The van der Waals surface area contributed by atoms with Crippen LogP contribution >= 0.6 is 0 Å². The van der Waals surface area contributed by atoms with Gasteiger partial charge >= 0.3 is 0 Å². The Balaban J connectivity index is 1.75. The molecule has 1 aliphatic rings. The molecule has 1 saturated heterocycles. The summed E-state index contributed by atoms with van der Waals surface area (Å²) in [5.41, 5.74) is 0.387. The van der Waals surface area contributed by atoms with Crippen molar-refractivity contribution < 1.29 is 9.53 Å². The summed E-state index contributed by atoms with van der Waals surface area (Å²) >= 11 is 0. The van der Waals surface area contributed by atoms with E-state index in [2.05, 4.69) is 39.1 Å². The number of aromatic nitrogens is 4. The number of nitrogens with zero attached hydrogens (tertiary/aromatic N) is 5. The third-order valence-corrected chi connectivity index (χ3v) is 4.42. The minimum absolute atomic E-state index is 0.0283. The molecule has 1 fully saturated rings. The molecule has 1 aliphatic heterocycles. The zero-order valence-corrected chi connectivity index (χ0v) is 16.2. The van der Waals surface area contributed by atoms with Crippen molar-refractivity contribution in [3.05, 3.63) is 12.5 Å². The van der Waals surface area contributed by atoms with E-state index >= 15 is 0 Å². The number of fused-ring (bicyclic) bond motifs is 1. The van der Waals surface area contributed by atoms with E-state index in [1.54, 1.807) is 12.5 Å². The third kappa shape index (κ3) is 3.95. The Hall–Kier alpha value is -2.22. The van der Waals surface area contributed by atoms with Crippen LogP contribution in [0.2, 0.25) is 0 Å². The lowest BCUT2D eigenvalue weighted by Crippen LogP contribution is -2.45. The fourth-order valence-electron chi connectivity index (χ4n) is 3.19. The second kappa shape index (κ2) is 7.19. The number of hydrogen-bond acceptors (Lipinski definition) is 6. The van der Waals surface area contributed by atoms with Crippen molar-refractivity contribution in [2.75, 3.05) is 24.5 Å². The quantitative estimate of drug-likeness (QED) is 0.891. The Morgan fingerprint density at radius 3 is 2.62 bits per heavy atom. The predicted octanol–water partition coefficient (Wildman–Crippen LogP) is 1.60. The molecule has 3 heterocycles. The Morgan fingerprint density at radius 1 is 1.27 bits per heavy atom. The molecule has 1 N–H and O–H groups in total. The third-order valence-electron chi connectivity index (χ3n) is 4.42. The molecule has 0 bridgehead atoms. The fourth-order valence-corrected chi connectivity index (χ4v) is 3.19. The SMILES string of the molecule is C[C@@H]1CN(c2ncnc3c2cnn3CCNC(=O)C(C)(C)C)C[C@@H](C)O1. The van der Waals surface area contributed by atoms with Crippen LogP contribution in [0.4, 0.5) is 5.82 Å². The van der Waals surface area contributed by atoms with E-state index in [9.17, 15) is 4.79 Å². The first-order chi connectivity index (χ1) is 12.3. The number of nitrogens with one attached hydrogen (secondary N) is 1. The first-order valence-electron chi connectivity index (χ1n) is 9.11. The molecule has 0 radical (unpaired) electrons. The Morgan fingerprint density at radius 2 is 1.96 bits per heavy atom. The predicted molar refractivity (Wildman–Crippen MR) is 100 cm³/mol. The average Bonchev–Trinajstić information content (AvgIpc) is 2.96. The molecule has 2 aromatic heterocycles. The van der Waals surface area contributed by atoms with Gasteiger partial charge in [0.05, 0.1) is 30.3 Å². The van der Waals surface area contributed by atoms with Crippen LogP contribution < -0.4 is 10.2 Å². The zero-order valence-electron chi connectivity index (χ0n) is 16.2. The second-order valence-electron chi connectivity index (χ2n) is 7.97. The van der Waals surface area contributed by atoms with Crippen LogP contribution in [0, 0.1) is 5.41 Å². The van der Waals surface area contributed by atoms with Crippen molar-refractivity contribution in [1.82, 2.24) is 25.1 Å². The van der Waals surface area contributed by atoms with Gasteiger partial charge in [0, 0.05) is 25.0 Å². The zero-order chi connectivity index (χ0) is 18.9. The summed E-state index contributed by atoms with van der Waals surface area (Å²) in [5, 5.41) is 8.32. The number of hydrogen-bond donors (Lipinski definition) is 1. The molecular formula is C18H28N6O2. The number of rotatable bonds is 4. The number of amides is 1. The topological polar surface area (TPSA) is 85.2 Å². The van der Waals surface area contributed by atoms with Crippen LogP contribution in [-0.2, 0) is 16.1 Å². The molecule has 0 spiro atoms. The molecule has 0 saturated carbocycles. The Bertz CT molecular complexity index is 772. The average molecular weight is 360 g/mol. The largest absolute Gasteiger partial charge is 0.372 e. The number of morpholine rings is 1. The minimum Gasteiger partial charge on any atom is -0.372 e. The number of anilines is 1. The van der Waals surface area contributed by atoms with Crippen LogP contribution in [0.15, 0.2) is 12.5 Å². The fraction of sp³-hybridized carbons (Fsp3) is 0.667. The Kier molecular flexibility index (Phi) is 5.13. The Labute approximate surface area is 153 Å². The van der Waals surface area contributed by atoms with Gasteiger partial charge in [0.1, 0.15) is 12.1 Å². The van der Waals surface area contributed by atoms with E-state index in [-0.39, 0.29) is 18.1 Å². The van der Waals surface area contributed by atoms with Gasteiger partial charge in [-0.15, -0.1) is 0 Å². The first kappa shape index (κ1) is 18.6. The van der Waals surface area contributed by atoms with E-state index in [0.29, 0.717) is 13.1 Å². The van der Waals surface area contributed by atoms with Crippen molar-refractivity contribution in [1.29, 1.82) is 0 Å². The van der Waals surface area contributed by atoms with Crippen LogP contribution in [0.25, 0.3) is 11.0 Å². The van der Waals surface area contributed by atoms with Crippen LogP contribution in [0.5, 0.6) is 0 Å². The summed E-state index contributed by atoms with van der Waals surface area (Å²) < 4.78 is 7.63. The van der Waals surface area contributed by atoms with Crippen molar-refractivity contribution in [2.24, 2.45) is 5.41 Å². The summed E-state index contributed by atoms with van der Waals surface area (Å²) in [4.78, 5) is 23.1. The molecule has 0 aliphatic carbocycles. The molecule has 1 amide bonds. The van der Waals surface area contributed by atoms with E-state index in [1.807, 2.05) is 25.5 Å². The summed E-state index contributed by atoms with van der Waals surface area (Å²) in [6, 6.07) is 0. The van der Waals surface area contributed by atoms with Gasteiger partial charge in [0.2, 0.25) is 5.91 Å². The highest BCUT2D eigenvalue weighted by Crippen LogP contribution is 2.25. The van der Waals surface area contributed by atoms with Gasteiger partial charge in [-0.2, -0.15) is 5.10 Å². The molecule has 2 aromatic rings. The summed E-state index contributed by atoms with van der Waals surface area (Å²) in [5.74, 6) is 0.919. The molecule has 8 heteroatoms. The van der Waals surface area contributed by atoms with Gasteiger partial charge < -0.3 is 15.0 Å². The molecule has 3 rings (SSSR count). The van der Waals surface area contributed by atoms with E-state index in [0.717, 1.165) is 29.9 Å². The monoisotopic (exact) mass is 360 g/mol. The van der Waals surface area contributed by atoms with E-state index in [4.69, 9.17) is 4.74 Å². The molecule has 8 nitrogen and oxygen atoms in total. The lowest BCUT2D eigenvalue weighted by Gasteiger charge is -2.36. The summed E-state index contributed by atoms with van der Waals surface area (Å²) in [6.07, 6.45) is 3.70. The van der Waals surface area contributed by atoms with Gasteiger partial charge in [-0.1, -0.05) is 20.8 Å². The van der Waals surface area contributed by atoms with Crippen molar-refractivity contribution in [3.8, 4) is 0 Å². The van der Waals surface area contributed by atoms with Crippen molar-refractivity contribution in [3.63, 3.8) is 0 Å². The smallest absolute Gasteiger partial charge is 0.225 e. The molecule has 0 aromatic carbocycles. The maximum absolute atomic E-state index is 12.0. The molecule has 26 heavy (non-hydrogen) atoms. The molecule has 2 atom stereocenters. The minimum atomic E-state index is -0.398. The highest BCUT2D eigenvalue weighted by atomic mass is 16.5. The summed E-state index contributed by atoms with van der Waals surface area (Å²) in [7, 11) is 0. The number of carbonyl (C=O) groups excluding carboxylic acids is 1. The molecular weight excluding hydrogens is 332 g/mol. The first-order valence-corrected chi connectivity index (χ1v) is 9.11. The molecule has 0 unspecified atom stereocenters. The number of ether oxygens (including phenoxy) is 1. The maximum atomic E-state index is 12.0. The second-order valence-corrected chi connectivity index (χ2v) is 7.97.